The Morgan fingerprint density at radius 2 is 1.33 bits per heavy atom. The van der Waals surface area contributed by atoms with Gasteiger partial charge in [0.2, 0.25) is 0 Å². The molecule has 112 valence electrons. The molecule has 2 aromatic carbocycles. The van der Waals surface area contributed by atoms with Crippen LogP contribution in [0.2, 0.25) is 0 Å². The van der Waals surface area contributed by atoms with Crippen molar-refractivity contribution in [3.8, 4) is 0 Å². The number of halogens is 2. The summed E-state index contributed by atoms with van der Waals surface area (Å²) in [5.41, 5.74) is 5.09. The van der Waals surface area contributed by atoms with Gasteiger partial charge in [-0.2, -0.15) is 0 Å². The van der Waals surface area contributed by atoms with Gasteiger partial charge < -0.3 is 0 Å². The monoisotopic (exact) mass is 364 g/mol. The van der Waals surface area contributed by atoms with Crippen LogP contribution >= 0.6 is 27.5 Å². The topological polar surface area (TPSA) is 0 Å². The Balaban J connectivity index is 2.44. The van der Waals surface area contributed by atoms with Crippen LogP contribution in [0, 0.1) is 0 Å². The normalized spacial score (nSPS) is 13.0. The molecule has 0 fully saturated rings. The summed E-state index contributed by atoms with van der Waals surface area (Å²) in [7, 11) is 0. The van der Waals surface area contributed by atoms with Crippen LogP contribution in [0.25, 0.3) is 0 Å². The molecule has 0 saturated carbocycles. The van der Waals surface area contributed by atoms with Crippen molar-refractivity contribution in [2.24, 2.45) is 0 Å². The van der Waals surface area contributed by atoms with Crippen LogP contribution in [0.5, 0.6) is 0 Å². The molecule has 1 unspecified atom stereocenters. The van der Waals surface area contributed by atoms with Crippen molar-refractivity contribution in [2.75, 3.05) is 0 Å². The maximum atomic E-state index is 6.75. The smallest absolute Gasteiger partial charge is 0.0838 e. The summed E-state index contributed by atoms with van der Waals surface area (Å²) in [6, 6.07) is 15.0. The molecule has 0 heterocycles. The minimum Gasteiger partial charge on any atom is -0.113 e. The highest BCUT2D eigenvalue weighted by Crippen LogP contribution is 2.36. The Labute approximate surface area is 141 Å². The van der Waals surface area contributed by atoms with Crippen molar-refractivity contribution in [3.63, 3.8) is 0 Å². The van der Waals surface area contributed by atoms with Crippen LogP contribution in [0.3, 0.4) is 0 Å². The molecule has 0 aliphatic carbocycles. The summed E-state index contributed by atoms with van der Waals surface area (Å²) in [5.74, 6) is 1.01. The molecule has 0 spiro atoms. The van der Waals surface area contributed by atoms with Gasteiger partial charge in [-0.15, -0.1) is 11.6 Å². The van der Waals surface area contributed by atoms with Crippen LogP contribution < -0.4 is 0 Å². The molecule has 0 aromatic heterocycles. The first-order chi connectivity index (χ1) is 9.90. The zero-order valence-electron chi connectivity index (χ0n) is 13.0. The highest BCUT2D eigenvalue weighted by molar-refractivity contribution is 9.10. The lowest BCUT2D eigenvalue weighted by Gasteiger charge is -2.20. The summed E-state index contributed by atoms with van der Waals surface area (Å²) in [6.45, 7) is 8.92. The van der Waals surface area contributed by atoms with E-state index in [9.17, 15) is 0 Å². The highest BCUT2D eigenvalue weighted by Gasteiger charge is 2.17. The minimum atomic E-state index is -0.100. The van der Waals surface area contributed by atoms with Crippen LogP contribution in [-0.2, 0) is 0 Å². The van der Waals surface area contributed by atoms with E-state index in [-0.39, 0.29) is 5.38 Å². The van der Waals surface area contributed by atoms with Gasteiger partial charge in [-0.25, -0.2) is 0 Å². The van der Waals surface area contributed by atoms with E-state index in [1.54, 1.807) is 0 Å². The van der Waals surface area contributed by atoms with Crippen LogP contribution in [-0.4, -0.2) is 0 Å². The highest BCUT2D eigenvalue weighted by atomic mass is 79.9. The molecular weight excluding hydrogens is 344 g/mol. The number of hydrogen-bond donors (Lipinski definition) is 0. The zero-order valence-corrected chi connectivity index (χ0v) is 15.4. The SMILES string of the molecule is CC(C)c1ccc(C(Cl)c2ccc(Br)cc2)c(C(C)C)c1. The van der Waals surface area contributed by atoms with E-state index in [2.05, 4.69) is 74.0 Å². The molecule has 0 saturated heterocycles. The summed E-state index contributed by atoms with van der Waals surface area (Å²) in [5, 5.41) is -0.100. The molecule has 0 nitrogen and oxygen atoms in total. The fraction of sp³-hybridized carbons (Fsp3) is 0.368. The number of alkyl halides is 1. The Morgan fingerprint density at radius 1 is 0.762 bits per heavy atom. The largest absolute Gasteiger partial charge is 0.113 e. The first-order valence-corrected chi connectivity index (χ1v) is 8.66. The third kappa shape index (κ3) is 3.90. The fourth-order valence-corrected chi connectivity index (χ4v) is 3.10. The molecule has 2 rings (SSSR count). The average molecular weight is 366 g/mol. The van der Waals surface area contributed by atoms with Crippen LogP contribution in [0.1, 0.15) is 67.2 Å². The Hall–Kier alpha value is -0.790. The first kappa shape index (κ1) is 16.6. The van der Waals surface area contributed by atoms with Gasteiger partial charge in [0.05, 0.1) is 5.38 Å². The van der Waals surface area contributed by atoms with E-state index in [0.29, 0.717) is 11.8 Å². The van der Waals surface area contributed by atoms with E-state index < -0.39 is 0 Å². The lowest BCUT2D eigenvalue weighted by Crippen LogP contribution is -2.03. The standard InChI is InChI=1S/C19H22BrCl/c1-12(2)15-7-10-17(18(11-15)13(3)4)19(21)14-5-8-16(20)9-6-14/h5-13,19H,1-4H3. The second kappa shape index (κ2) is 6.98. The van der Waals surface area contributed by atoms with Gasteiger partial charge in [-0.1, -0.05) is 74.0 Å². The van der Waals surface area contributed by atoms with E-state index in [4.69, 9.17) is 11.6 Å². The first-order valence-electron chi connectivity index (χ1n) is 7.43. The van der Waals surface area contributed by atoms with Crippen molar-refractivity contribution >= 4 is 27.5 Å². The summed E-state index contributed by atoms with van der Waals surface area (Å²) in [4.78, 5) is 0. The number of benzene rings is 2. The quantitative estimate of drug-likeness (QED) is 0.510. The minimum absolute atomic E-state index is 0.100. The fourth-order valence-electron chi connectivity index (χ4n) is 2.49. The average Bonchev–Trinajstić information content (AvgIpc) is 2.46. The second-order valence-corrected chi connectivity index (χ2v) is 7.46. The number of hydrogen-bond acceptors (Lipinski definition) is 0. The maximum Gasteiger partial charge on any atom is 0.0838 e. The Kier molecular flexibility index (Phi) is 5.51. The zero-order chi connectivity index (χ0) is 15.6. The van der Waals surface area contributed by atoms with Crippen molar-refractivity contribution in [3.05, 3.63) is 69.2 Å². The molecule has 2 heteroatoms. The predicted molar refractivity (Wildman–Crippen MR) is 96.5 cm³/mol. The molecule has 21 heavy (non-hydrogen) atoms. The molecule has 1 atom stereocenters. The van der Waals surface area contributed by atoms with Gasteiger partial charge in [0.15, 0.2) is 0 Å². The molecule has 0 aliphatic rings. The van der Waals surface area contributed by atoms with Crippen LogP contribution in [0.15, 0.2) is 46.9 Å². The Morgan fingerprint density at radius 3 is 1.86 bits per heavy atom. The lowest BCUT2D eigenvalue weighted by atomic mass is 9.89. The van der Waals surface area contributed by atoms with E-state index in [1.807, 2.05) is 12.1 Å². The van der Waals surface area contributed by atoms with Crippen molar-refractivity contribution in [2.45, 2.75) is 44.9 Å². The van der Waals surface area contributed by atoms with Gasteiger partial charge >= 0.3 is 0 Å². The molecule has 0 N–H and O–H groups in total. The van der Waals surface area contributed by atoms with Gasteiger partial charge in [0.1, 0.15) is 0 Å². The molecular formula is C19H22BrCl. The molecule has 0 radical (unpaired) electrons. The predicted octanol–water partition coefficient (Wildman–Crippen LogP) is 7.02. The van der Waals surface area contributed by atoms with Crippen LogP contribution in [0.4, 0.5) is 0 Å². The van der Waals surface area contributed by atoms with Gasteiger partial charge in [0.25, 0.3) is 0 Å². The number of rotatable bonds is 4. The molecule has 0 amide bonds. The summed E-state index contributed by atoms with van der Waals surface area (Å²) < 4.78 is 1.08. The molecule has 0 aliphatic heterocycles. The van der Waals surface area contributed by atoms with E-state index in [0.717, 1.165) is 10.0 Å². The summed E-state index contributed by atoms with van der Waals surface area (Å²) >= 11 is 10.2. The third-order valence-electron chi connectivity index (χ3n) is 3.84. The van der Waals surface area contributed by atoms with Gasteiger partial charge in [0, 0.05) is 4.47 Å². The van der Waals surface area contributed by atoms with Crippen molar-refractivity contribution in [1.82, 2.24) is 0 Å². The third-order valence-corrected chi connectivity index (χ3v) is 4.85. The van der Waals surface area contributed by atoms with E-state index >= 15 is 0 Å². The Bertz CT molecular complexity index is 599. The van der Waals surface area contributed by atoms with Gasteiger partial charge in [-0.3, -0.25) is 0 Å². The van der Waals surface area contributed by atoms with E-state index in [1.165, 1.54) is 16.7 Å². The molecule has 2 aromatic rings. The van der Waals surface area contributed by atoms with Crippen molar-refractivity contribution in [1.29, 1.82) is 0 Å². The van der Waals surface area contributed by atoms with Crippen molar-refractivity contribution < 1.29 is 0 Å². The molecule has 0 bridgehead atoms. The van der Waals surface area contributed by atoms with Gasteiger partial charge in [-0.05, 0) is 46.2 Å². The summed E-state index contributed by atoms with van der Waals surface area (Å²) in [6.07, 6.45) is 0. The second-order valence-electron chi connectivity index (χ2n) is 6.11. The maximum absolute atomic E-state index is 6.75. The lowest BCUT2D eigenvalue weighted by molar-refractivity contribution is 0.818.